The third-order valence-corrected chi connectivity index (χ3v) is 2.28. The predicted octanol–water partition coefficient (Wildman–Crippen LogP) is 1.55. The number of methoxy groups -OCH3 is 1. The maximum absolute atomic E-state index is 11.4. The zero-order valence-electron chi connectivity index (χ0n) is 8.14. The number of carbonyl (C=O) groups is 2. The van der Waals surface area contributed by atoms with Gasteiger partial charge in [0.15, 0.2) is 0 Å². The van der Waals surface area contributed by atoms with Gasteiger partial charge >= 0.3 is 5.97 Å². The summed E-state index contributed by atoms with van der Waals surface area (Å²) in [6.45, 7) is 5.19. The second-order valence-corrected chi connectivity index (χ2v) is 2.95. The molecule has 0 N–H and O–H groups in total. The lowest BCUT2D eigenvalue weighted by atomic mass is 9.82. The monoisotopic (exact) mass is 172 g/mol. The molecule has 0 aromatic rings. The molecule has 3 nitrogen and oxygen atoms in total. The molecule has 70 valence electrons. The average Bonchev–Trinajstić information content (AvgIpc) is 2.13. The van der Waals surface area contributed by atoms with E-state index < -0.39 is 11.4 Å². The Labute approximate surface area is 73.1 Å². The van der Waals surface area contributed by atoms with Crippen molar-refractivity contribution in [2.75, 3.05) is 7.11 Å². The number of Topliss-reactive ketones (excluding diaryl/α,β-unsaturated/α-hetero) is 1. The van der Waals surface area contributed by atoms with Crippen LogP contribution in [0.1, 0.15) is 33.6 Å². The summed E-state index contributed by atoms with van der Waals surface area (Å²) in [6.07, 6.45) is 0.867. The van der Waals surface area contributed by atoms with E-state index in [9.17, 15) is 9.59 Å². The fourth-order valence-electron chi connectivity index (χ4n) is 1.07. The summed E-state index contributed by atoms with van der Waals surface area (Å²) in [5.74, 6) is -0.492. The summed E-state index contributed by atoms with van der Waals surface area (Å²) in [4.78, 5) is 22.6. The van der Waals surface area contributed by atoms with Crippen LogP contribution in [0, 0.1) is 5.41 Å². The zero-order chi connectivity index (χ0) is 9.78. The molecule has 0 amide bonds. The average molecular weight is 172 g/mol. The van der Waals surface area contributed by atoms with Crippen molar-refractivity contribution < 1.29 is 14.3 Å². The molecule has 0 aliphatic heterocycles. The topological polar surface area (TPSA) is 43.4 Å². The van der Waals surface area contributed by atoms with Crippen LogP contribution in [-0.2, 0) is 14.3 Å². The quantitative estimate of drug-likeness (QED) is 0.477. The van der Waals surface area contributed by atoms with E-state index in [4.69, 9.17) is 0 Å². The highest BCUT2D eigenvalue weighted by Crippen LogP contribution is 2.25. The Morgan fingerprint density at radius 2 is 1.83 bits per heavy atom. The summed E-state index contributed by atoms with van der Waals surface area (Å²) in [7, 11) is 1.30. The van der Waals surface area contributed by atoms with Crippen molar-refractivity contribution in [3.8, 4) is 0 Å². The molecule has 1 atom stereocenters. The van der Waals surface area contributed by atoms with Crippen LogP contribution in [0.5, 0.6) is 0 Å². The molecule has 0 spiro atoms. The van der Waals surface area contributed by atoms with Gasteiger partial charge in [0, 0.05) is 6.42 Å². The summed E-state index contributed by atoms with van der Waals surface area (Å²) < 4.78 is 4.57. The predicted molar refractivity (Wildman–Crippen MR) is 45.7 cm³/mol. The highest BCUT2D eigenvalue weighted by molar-refractivity contribution is 6.03. The highest BCUT2D eigenvalue weighted by atomic mass is 16.5. The standard InChI is InChI=1S/C9H16O3/c1-5-7(10)9(3,6-2)8(11)12-4/h5-6H2,1-4H3. The smallest absolute Gasteiger partial charge is 0.319 e. The normalized spacial score (nSPS) is 15.0. The van der Waals surface area contributed by atoms with E-state index in [-0.39, 0.29) is 5.78 Å². The molecule has 0 fully saturated rings. The fraction of sp³-hybridized carbons (Fsp3) is 0.778. The van der Waals surface area contributed by atoms with Gasteiger partial charge in [-0.3, -0.25) is 9.59 Å². The largest absolute Gasteiger partial charge is 0.468 e. The minimum Gasteiger partial charge on any atom is -0.468 e. The highest BCUT2D eigenvalue weighted by Gasteiger charge is 2.38. The van der Waals surface area contributed by atoms with Crippen LogP contribution in [0.3, 0.4) is 0 Å². The van der Waals surface area contributed by atoms with Crippen LogP contribution in [-0.4, -0.2) is 18.9 Å². The van der Waals surface area contributed by atoms with Crippen molar-refractivity contribution in [1.82, 2.24) is 0 Å². The van der Waals surface area contributed by atoms with E-state index in [0.29, 0.717) is 12.8 Å². The number of ketones is 1. The van der Waals surface area contributed by atoms with Gasteiger partial charge in [0.25, 0.3) is 0 Å². The molecule has 0 rings (SSSR count). The first-order valence-corrected chi connectivity index (χ1v) is 4.14. The van der Waals surface area contributed by atoms with Gasteiger partial charge in [-0.05, 0) is 13.3 Å². The molecule has 1 unspecified atom stereocenters. The van der Waals surface area contributed by atoms with Crippen LogP contribution in [0.2, 0.25) is 0 Å². The molecule has 0 radical (unpaired) electrons. The number of hydrogen-bond acceptors (Lipinski definition) is 3. The SMILES string of the molecule is CCC(=O)C(C)(CC)C(=O)OC. The minimum atomic E-state index is -0.941. The van der Waals surface area contributed by atoms with Crippen molar-refractivity contribution >= 4 is 11.8 Å². The molecular formula is C9H16O3. The van der Waals surface area contributed by atoms with Crippen molar-refractivity contribution in [3.63, 3.8) is 0 Å². The van der Waals surface area contributed by atoms with Crippen LogP contribution < -0.4 is 0 Å². The fourth-order valence-corrected chi connectivity index (χ4v) is 1.07. The summed E-state index contributed by atoms with van der Waals surface area (Å²) >= 11 is 0. The number of hydrogen-bond donors (Lipinski definition) is 0. The van der Waals surface area contributed by atoms with Gasteiger partial charge in [-0.25, -0.2) is 0 Å². The Hall–Kier alpha value is -0.860. The molecule has 0 bridgehead atoms. The first-order chi connectivity index (χ1) is 5.52. The number of carbonyl (C=O) groups excluding carboxylic acids is 2. The van der Waals surface area contributed by atoms with Crippen molar-refractivity contribution in [1.29, 1.82) is 0 Å². The molecule has 12 heavy (non-hydrogen) atoms. The van der Waals surface area contributed by atoms with Gasteiger partial charge < -0.3 is 4.74 Å². The first-order valence-electron chi connectivity index (χ1n) is 4.14. The Kier molecular flexibility index (Phi) is 3.93. The Morgan fingerprint density at radius 1 is 1.33 bits per heavy atom. The Bertz CT molecular complexity index is 168. The summed E-state index contributed by atoms with van der Waals surface area (Å²) in [6, 6.07) is 0. The Morgan fingerprint density at radius 3 is 2.08 bits per heavy atom. The van der Waals surface area contributed by atoms with E-state index in [1.807, 2.05) is 6.92 Å². The molecule has 0 saturated heterocycles. The minimum absolute atomic E-state index is 0.0585. The third-order valence-electron chi connectivity index (χ3n) is 2.28. The van der Waals surface area contributed by atoms with Crippen molar-refractivity contribution in [2.45, 2.75) is 33.6 Å². The maximum Gasteiger partial charge on any atom is 0.319 e. The van der Waals surface area contributed by atoms with Gasteiger partial charge in [0.05, 0.1) is 7.11 Å². The van der Waals surface area contributed by atoms with Crippen LogP contribution in [0.15, 0.2) is 0 Å². The first kappa shape index (κ1) is 11.1. The van der Waals surface area contributed by atoms with E-state index in [1.165, 1.54) is 7.11 Å². The summed E-state index contributed by atoms with van der Waals surface area (Å²) in [5, 5.41) is 0. The zero-order valence-corrected chi connectivity index (χ0v) is 8.14. The molecule has 0 aliphatic rings. The molecule has 0 heterocycles. The van der Waals surface area contributed by atoms with Gasteiger partial charge in [-0.2, -0.15) is 0 Å². The molecular weight excluding hydrogens is 156 g/mol. The van der Waals surface area contributed by atoms with E-state index in [1.54, 1.807) is 13.8 Å². The molecule has 0 aromatic heterocycles. The van der Waals surface area contributed by atoms with E-state index >= 15 is 0 Å². The number of esters is 1. The van der Waals surface area contributed by atoms with E-state index in [0.717, 1.165) is 0 Å². The maximum atomic E-state index is 11.4. The molecule has 0 saturated carbocycles. The van der Waals surface area contributed by atoms with E-state index in [2.05, 4.69) is 4.74 Å². The lowest BCUT2D eigenvalue weighted by Gasteiger charge is -2.22. The number of rotatable bonds is 4. The van der Waals surface area contributed by atoms with Crippen molar-refractivity contribution in [3.05, 3.63) is 0 Å². The van der Waals surface area contributed by atoms with Gasteiger partial charge in [-0.15, -0.1) is 0 Å². The van der Waals surface area contributed by atoms with Crippen LogP contribution in [0.4, 0.5) is 0 Å². The lowest BCUT2D eigenvalue weighted by molar-refractivity contribution is -0.157. The summed E-state index contributed by atoms with van der Waals surface area (Å²) in [5.41, 5.74) is -0.941. The third kappa shape index (κ3) is 1.84. The van der Waals surface area contributed by atoms with Gasteiger partial charge in [0.2, 0.25) is 0 Å². The van der Waals surface area contributed by atoms with Gasteiger partial charge in [-0.1, -0.05) is 13.8 Å². The molecule has 0 aliphatic carbocycles. The van der Waals surface area contributed by atoms with Crippen LogP contribution >= 0.6 is 0 Å². The van der Waals surface area contributed by atoms with Crippen LogP contribution in [0.25, 0.3) is 0 Å². The second-order valence-electron chi connectivity index (χ2n) is 2.95. The number of ether oxygens (including phenoxy) is 1. The Balaban J connectivity index is 4.66. The lowest BCUT2D eigenvalue weighted by Crippen LogP contribution is -2.36. The molecule has 0 aromatic carbocycles. The van der Waals surface area contributed by atoms with Gasteiger partial charge in [0.1, 0.15) is 11.2 Å². The molecule has 3 heteroatoms. The second kappa shape index (κ2) is 4.24. The van der Waals surface area contributed by atoms with Crippen molar-refractivity contribution in [2.24, 2.45) is 5.41 Å².